The summed E-state index contributed by atoms with van der Waals surface area (Å²) in [5.41, 5.74) is 0. The molecule has 8 nitrogen and oxygen atoms in total. The lowest BCUT2D eigenvalue weighted by Gasteiger charge is -2.29. The first kappa shape index (κ1) is 24.3. The maximum Gasteiger partial charge on any atom is 0.309 e. The molecule has 1 aromatic heterocycles. The van der Waals surface area contributed by atoms with Gasteiger partial charge in [-0.25, -0.2) is 0 Å². The SMILES string of the molecule is CC(CSCC1COc2cscc2O1)C(=O)OCC[N+](C)(C)CCCS(=O)(=O)O. The number of likely N-dealkylation sites (N-methyl/N-ethyl adjacent to an activating group) is 1. The van der Waals surface area contributed by atoms with Crippen LogP contribution in [0.25, 0.3) is 0 Å². The molecule has 0 saturated heterocycles. The molecule has 2 heterocycles. The van der Waals surface area contributed by atoms with Gasteiger partial charge in [-0.2, -0.15) is 20.2 Å². The van der Waals surface area contributed by atoms with Gasteiger partial charge in [-0.3, -0.25) is 9.35 Å². The van der Waals surface area contributed by atoms with Crippen LogP contribution in [0.5, 0.6) is 11.5 Å². The van der Waals surface area contributed by atoms with Crippen molar-refractivity contribution in [3.8, 4) is 11.5 Å². The number of nitrogens with zero attached hydrogens (tertiary/aromatic N) is 1. The van der Waals surface area contributed by atoms with E-state index in [9.17, 15) is 13.2 Å². The van der Waals surface area contributed by atoms with E-state index >= 15 is 0 Å². The van der Waals surface area contributed by atoms with Gasteiger partial charge in [0.05, 0.1) is 32.3 Å². The number of carbonyl (C=O) groups excluding carboxylic acids is 1. The number of hydrogen-bond acceptors (Lipinski definition) is 8. The first-order valence-electron chi connectivity index (χ1n) is 9.43. The summed E-state index contributed by atoms with van der Waals surface area (Å²) in [6.45, 7) is 3.77. The molecule has 1 aliphatic rings. The predicted octanol–water partition coefficient (Wildman–Crippen LogP) is 2.15. The minimum absolute atomic E-state index is 0.0221. The third-order valence-corrected chi connectivity index (χ3v) is 7.34. The second kappa shape index (κ2) is 10.9. The Kier molecular flexibility index (Phi) is 9.08. The minimum Gasteiger partial charge on any atom is -0.485 e. The van der Waals surface area contributed by atoms with E-state index in [1.165, 1.54) is 0 Å². The van der Waals surface area contributed by atoms with Crippen LogP contribution in [-0.2, 0) is 19.6 Å². The fourth-order valence-corrected chi connectivity index (χ4v) is 4.93. The van der Waals surface area contributed by atoms with Gasteiger partial charge in [0, 0.05) is 28.7 Å². The van der Waals surface area contributed by atoms with Gasteiger partial charge in [-0.05, 0) is 0 Å². The number of quaternary nitrogens is 1. The van der Waals surface area contributed by atoms with Crippen molar-refractivity contribution < 1.29 is 36.5 Å². The average molecular weight is 469 g/mol. The van der Waals surface area contributed by atoms with Crippen molar-refractivity contribution in [2.75, 3.05) is 57.7 Å². The van der Waals surface area contributed by atoms with Crippen molar-refractivity contribution in [2.24, 2.45) is 5.92 Å². The standard InChI is InChI=1S/C18H29NO7S3/c1-14(10-27-11-15-9-25-16-12-28-13-17(16)26-15)18(20)24-7-6-19(2,3)5-4-8-29(21,22)23/h12-15H,4-11H2,1-3H3/p+1. The highest BCUT2D eigenvalue weighted by Crippen LogP contribution is 2.35. The zero-order valence-electron chi connectivity index (χ0n) is 17.0. The van der Waals surface area contributed by atoms with E-state index in [1.807, 2.05) is 31.8 Å². The van der Waals surface area contributed by atoms with E-state index in [0.717, 1.165) is 17.3 Å². The number of hydrogen-bond donors (Lipinski definition) is 1. The van der Waals surface area contributed by atoms with Crippen LogP contribution in [0.2, 0.25) is 0 Å². The fraction of sp³-hybridized carbons (Fsp3) is 0.722. The normalized spacial score (nSPS) is 17.7. The number of fused-ring (bicyclic) bond motifs is 1. The Labute approximate surface area is 180 Å². The number of ether oxygens (including phenoxy) is 3. The molecule has 166 valence electrons. The smallest absolute Gasteiger partial charge is 0.309 e. The zero-order chi connectivity index (χ0) is 21.5. The molecule has 11 heteroatoms. The molecule has 29 heavy (non-hydrogen) atoms. The van der Waals surface area contributed by atoms with Crippen molar-refractivity contribution in [1.82, 2.24) is 0 Å². The molecule has 0 saturated carbocycles. The lowest BCUT2D eigenvalue weighted by molar-refractivity contribution is -0.890. The first-order valence-corrected chi connectivity index (χ1v) is 13.1. The molecule has 2 rings (SSSR count). The minimum atomic E-state index is -3.93. The summed E-state index contributed by atoms with van der Waals surface area (Å²) >= 11 is 3.19. The van der Waals surface area contributed by atoms with E-state index in [2.05, 4.69) is 0 Å². The first-order chi connectivity index (χ1) is 13.6. The van der Waals surface area contributed by atoms with E-state index in [-0.39, 0.29) is 30.4 Å². The summed E-state index contributed by atoms with van der Waals surface area (Å²) in [5.74, 6) is 2.25. The highest BCUT2D eigenvalue weighted by atomic mass is 32.2. The summed E-state index contributed by atoms with van der Waals surface area (Å²) in [4.78, 5) is 12.2. The summed E-state index contributed by atoms with van der Waals surface area (Å²) in [6, 6.07) is 0. The van der Waals surface area contributed by atoms with Crippen LogP contribution in [0.4, 0.5) is 0 Å². The summed E-state index contributed by atoms with van der Waals surface area (Å²) in [5, 5.41) is 3.85. The third-order valence-electron chi connectivity index (χ3n) is 4.49. The second-order valence-corrected chi connectivity index (χ2v) is 11.2. The molecule has 0 aromatic carbocycles. The Bertz CT molecular complexity index is 763. The van der Waals surface area contributed by atoms with Gasteiger partial charge < -0.3 is 18.7 Å². The highest BCUT2D eigenvalue weighted by Gasteiger charge is 2.23. The molecule has 1 aromatic rings. The fourth-order valence-electron chi connectivity index (χ4n) is 2.71. The van der Waals surface area contributed by atoms with Crippen molar-refractivity contribution in [2.45, 2.75) is 19.4 Å². The quantitative estimate of drug-likeness (QED) is 0.283. The van der Waals surface area contributed by atoms with Crippen molar-refractivity contribution in [1.29, 1.82) is 0 Å². The van der Waals surface area contributed by atoms with Crippen LogP contribution in [0.15, 0.2) is 10.8 Å². The van der Waals surface area contributed by atoms with E-state index in [0.29, 0.717) is 36.4 Å². The Morgan fingerprint density at radius 1 is 1.38 bits per heavy atom. The third kappa shape index (κ3) is 9.12. The van der Waals surface area contributed by atoms with Gasteiger partial charge in [0.15, 0.2) is 11.5 Å². The Morgan fingerprint density at radius 3 is 2.83 bits per heavy atom. The average Bonchev–Trinajstić information content (AvgIpc) is 3.07. The number of esters is 1. The van der Waals surface area contributed by atoms with Crippen LogP contribution >= 0.6 is 23.1 Å². The van der Waals surface area contributed by atoms with Crippen molar-refractivity contribution in [3.05, 3.63) is 10.8 Å². The van der Waals surface area contributed by atoms with Gasteiger partial charge in [0.25, 0.3) is 10.1 Å². The monoisotopic (exact) mass is 468 g/mol. The summed E-state index contributed by atoms with van der Waals surface area (Å²) < 4.78 is 47.8. The molecule has 1 aliphatic heterocycles. The molecular formula is C18H30NO7S3+. The second-order valence-electron chi connectivity index (χ2n) is 7.78. The van der Waals surface area contributed by atoms with Gasteiger partial charge in [0.2, 0.25) is 0 Å². The van der Waals surface area contributed by atoms with Crippen LogP contribution in [0.3, 0.4) is 0 Å². The van der Waals surface area contributed by atoms with E-state index in [1.54, 1.807) is 23.1 Å². The number of thiophene rings is 1. The Morgan fingerprint density at radius 2 is 2.10 bits per heavy atom. The molecule has 0 amide bonds. The molecule has 0 bridgehead atoms. The maximum absolute atomic E-state index is 12.2. The van der Waals surface area contributed by atoms with Crippen LogP contribution < -0.4 is 9.47 Å². The van der Waals surface area contributed by atoms with Crippen LogP contribution in [0.1, 0.15) is 13.3 Å². The topological polar surface area (TPSA) is 99.1 Å². The van der Waals surface area contributed by atoms with E-state index in [4.69, 9.17) is 18.8 Å². The van der Waals surface area contributed by atoms with Crippen molar-refractivity contribution >= 4 is 39.2 Å². The molecule has 0 aliphatic carbocycles. The molecule has 2 unspecified atom stereocenters. The maximum atomic E-state index is 12.2. The van der Waals surface area contributed by atoms with Gasteiger partial charge in [-0.1, -0.05) is 6.92 Å². The largest absolute Gasteiger partial charge is 0.485 e. The highest BCUT2D eigenvalue weighted by molar-refractivity contribution is 7.99. The molecule has 0 spiro atoms. The van der Waals surface area contributed by atoms with Crippen molar-refractivity contribution in [3.63, 3.8) is 0 Å². The molecular weight excluding hydrogens is 438 g/mol. The van der Waals surface area contributed by atoms with Crippen LogP contribution in [0, 0.1) is 5.92 Å². The van der Waals surface area contributed by atoms with Gasteiger partial charge in [0.1, 0.15) is 25.9 Å². The zero-order valence-corrected chi connectivity index (χ0v) is 19.5. The lowest BCUT2D eigenvalue weighted by atomic mass is 10.2. The van der Waals surface area contributed by atoms with Gasteiger partial charge >= 0.3 is 5.97 Å². The lowest BCUT2D eigenvalue weighted by Crippen LogP contribution is -2.44. The molecule has 1 N–H and O–H groups in total. The summed E-state index contributed by atoms with van der Waals surface area (Å²) in [7, 11) is -0.0689. The predicted molar refractivity (Wildman–Crippen MR) is 115 cm³/mol. The molecule has 2 atom stereocenters. The number of carbonyl (C=O) groups is 1. The van der Waals surface area contributed by atoms with E-state index < -0.39 is 10.1 Å². The Balaban J connectivity index is 1.59. The number of rotatable bonds is 12. The Hall–Kier alpha value is -1.01. The van der Waals surface area contributed by atoms with Crippen LogP contribution in [-0.4, -0.2) is 87.2 Å². The molecule has 0 radical (unpaired) electrons. The van der Waals surface area contributed by atoms with Gasteiger partial charge in [-0.15, -0.1) is 11.3 Å². The molecule has 0 fully saturated rings. The summed E-state index contributed by atoms with van der Waals surface area (Å²) in [6.07, 6.45) is 0.332. The number of thioether (sulfide) groups is 1.